The van der Waals surface area contributed by atoms with E-state index in [1.165, 1.54) is 11.1 Å². The monoisotopic (exact) mass is 884 g/mol. The zero-order valence-corrected chi connectivity index (χ0v) is 34.8. The second kappa shape index (κ2) is 12.7. The van der Waals surface area contributed by atoms with Crippen molar-refractivity contribution in [2.24, 2.45) is 4.99 Å². The Labute approximate surface area is 333 Å². The summed E-state index contributed by atoms with van der Waals surface area (Å²) in [6.07, 6.45) is 0.142. The van der Waals surface area contributed by atoms with Gasteiger partial charge in [-0.15, -0.1) is 29.3 Å². The molecule has 1 aromatic heterocycles. The fraction of sp³-hybridized carbons (Fsp3) is 0.362. The maximum absolute atomic E-state index is 9.41. The van der Waals surface area contributed by atoms with Crippen molar-refractivity contribution in [1.29, 1.82) is 0 Å². The smallest absolute Gasteiger partial charge is 0.508 e. The summed E-state index contributed by atoms with van der Waals surface area (Å²) in [6, 6.07) is 32.1. The van der Waals surface area contributed by atoms with Gasteiger partial charge in [-0.2, -0.15) is 6.07 Å². The largest absolute Gasteiger partial charge is 2.00 e. The summed E-state index contributed by atoms with van der Waals surface area (Å²) in [7, 11) is 0. The van der Waals surface area contributed by atoms with Crippen molar-refractivity contribution in [3.05, 3.63) is 141 Å². The molecule has 5 aromatic rings. The second-order valence-corrected chi connectivity index (χ2v) is 16.8. The minimum absolute atomic E-state index is 0. The van der Waals surface area contributed by atoms with Crippen molar-refractivity contribution in [2.45, 2.75) is 110 Å². The van der Waals surface area contributed by atoms with Gasteiger partial charge in [-0.1, -0.05) is 102 Å². The van der Waals surface area contributed by atoms with Gasteiger partial charge in [0.2, 0.25) is 0 Å². The Morgan fingerprint density at radius 2 is 1.62 bits per heavy atom. The number of nitrogens with zero attached hydrogens (tertiary/aromatic N) is 3. The zero-order chi connectivity index (χ0) is 38.7. The van der Waals surface area contributed by atoms with Crippen molar-refractivity contribution < 1.29 is 33.3 Å². The van der Waals surface area contributed by atoms with Crippen LogP contribution in [0.3, 0.4) is 0 Å². The summed E-state index contributed by atoms with van der Waals surface area (Å²) in [5.74, 6) is 2.42. The molecule has 0 radical (unpaired) electrons. The van der Waals surface area contributed by atoms with Crippen LogP contribution in [0.15, 0.2) is 84.0 Å². The molecule has 1 aliphatic carbocycles. The predicted octanol–water partition coefficient (Wildman–Crippen LogP) is 11.6. The third-order valence-corrected chi connectivity index (χ3v) is 11.6. The van der Waals surface area contributed by atoms with Gasteiger partial charge in [-0.3, -0.25) is 4.99 Å². The molecule has 0 unspecified atom stereocenters. The van der Waals surface area contributed by atoms with Crippen molar-refractivity contribution in [1.82, 2.24) is 4.98 Å². The molecule has 3 heterocycles. The third kappa shape index (κ3) is 5.86. The molecule has 8 rings (SSSR count). The molecular formula is C47H49N3O2Pt. The Kier molecular flexibility index (Phi) is 8.27. The van der Waals surface area contributed by atoms with E-state index in [-0.39, 0.29) is 37.8 Å². The van der Waals surface area contributed by atoms with E-state index < -0.39 is 17.5 Å². The third-order valence-electron chi connectivity index (χ3n) is 11.6. The summed E-state index contributed by atoms with van der Waals surface area (Å²) in [4.78, 5) is 12.2. The molecule has 2 aliphatic heterocycles. The molecular weight excluding hydrogens is 834 g/mol. The van der Waals surface area contributed by atoms with E-state index in [0.717, 1.165) is 45.0 Å². The normalized spacial score (nSPS) is 22.3. The van der Waals surface area contributed by atoms with E-state index in [4.69, 9.17) is 19.5 Å². The molecule has 4 aromatic carbocycles. The van der Waals surface area contributed by atoms with E-state index >= 15 is 0 Å². The van der Waals surface area contributed by atoms with Gasteiger partial charge in [0.15, 0.2) is 0 Å². The van der Waals surface area contributed by atoms with Crippen LogP contribution in [0.25, 0.3) is 0 Å². The molecule has 0 fully saturated rings. The van der Waals surface area contributed by atoms with Crippen molar-refractivity contribution in [3.63, 3.8) is 0 Å². The first-order valence-electron chi connectivity index (χ1n) is 19.4. The van der Waals surface area contributed by atoms with Crippen LogP contribution in [-0.2, 0) is 48.6 Å². The average molecular weight is 885 g/mol. The van der Waals surface area contributed by atoms with Gasteiger partial charge < -0.3 is 14.4 Å². The van der Waals surface area contributed by atoms with Crippen LogP contribution in [-0.4, -0.2) is 16.4 Å². The van der Waals surface area contributed by atoms with Gasteiger partial charge in [-0.05, 0) is 90.5 Å². The molecule has 274 valence electrons. The fourth-order valence-electron chi connectivity index (χ4n) is 7.92. The van der Waals surface area contributed by atoms with Crippen LogP contribution in [0.2, 0.25) is 0 Å². The first kappa shape index (κ1) is 34.5. The van der Waals surface area contributed by atoms with Crippen LogP contribution < -0.4 is 9.64 Å². The summed E-state index contributed by atoms with van der Waals surface area (Å²) in [5.41, 5.74) is 8.15. The molecule has 0 N–H and O–H groups in total. The minimum Gasteiger partial charge on any atom is -0.508 e. The predicted molar refractivity (Wildman–Crippen MR) is 211 cm³/mol. The van der Waals surface area contributed by atoms with Crippen molar-refractivity contribution in [2.75, 3.05) is 4.90 Å². The number of hydrogen-bond acceptors (Lipinski definition) is 5. The van der Waals surface area contributed by atoms with Gasteiger partial charge in [0.25, 0.3) is 0 Å². The number of hydrogen-bond donors (Lipinski definition) is 0. The van der Waals surface area contributed by atoms with E-state index in [2.05, 4.69) is 108 Å². The number of benzene rings is 4. The average Bonchev–Trinajstić information content (AvgIpc) is 3.47. The molecule has 3 aliphatic rings. The van der Waals surface area contributed by atoms with Gasteiger partial charge in [0.1, 0.15) is 17.3 Å². The van der Waals surface area contributed by atoms with Gasteiger partial charge in [0.05, 0.1) is 5.54 Å². The quantitative estimate of drug-likeness (QED) is 0.165. The maximum atomic E-state index is 9.41. The van der Waals surface area contributed by atoms with Crippen LogP contribution in [0.5, 0.6) is 11.5 Å². The van der Waals surface area contributed by atoms with E-state index in [1.54, 1.807) is 0 Å². The van der Waals surface area contributed by atoms with Gasteiger partial charge in [0, 0.05) is 38.1 Å². The van der Waals surface area contributed by atoms with Gasteiger partial charge in [-0.25, -0.2) is 4.98 Å². The Bertz CT molecular complexity index is 2400. The van der Waals surface area contributed by atoms with Crippen LogP contribution in [0.1, 0.15) is 121 Å². The molecule has 53 heavy (non-hydrogen) atoms. The summed E-state index contributed by atoms with van der Waals surface area (Å²) in [6.45, 7) is 23.3. The Hall–Kier alpha value is -4.21. The number of anilines is 3. The first-order valence-corrected chi connectivity index (χ1v) is 18.4. The number of aliphatic imine (C=N–C) groups is 1. The summed E-state index contributed by atoms with van der Waals surface area (Å²) >= 11 is 0. The number of aromatic nitrogens is 1. The number of fused-ring (bicyclic) bond motifs is 5. The van der Waals surface area contributed by atoms with E-state index in [9.17, 15) is 2.74 Å². The SMILES string of the molecule is [2H]C1([2H])c2c(ccc(C)c2C)[C@]2(C)OC(c3[c-]c(Oc4[c-]c5c(cc4)C(C)(C)c4ccccc4N5c4cc(C(C)(C)C)ccn4)cc(C(C)C)c3)=N[C@]12C.[Pt+2]. The molecule has 6 heteroatoms. The van der Waals surface area contributed by atoms with Crippen molar-refractivity contribution in [3.8, 4) is 11.5 Å². The molecule has 0 saturated heterocycles. The first-order chi connectivity index (χ1) is 25.3. The second-order valence-electron chi connectivity index (χ2n) is 16.8. The van der Waals surface area contributed by atoms with Gasteiger partial charge >= 0.3 is 21.1 Å². The zero-order valence-electron chi connectivity index (χ0n) is 34.6. The Morgan fingerprint density at radius 3 is 2.36 bits per heavy atom. The number of rotatable bonds is 5. The fourth-order valence-corrected chi connectivity index (χ4v) is 7.92. The minimum atomic E-state index is -1.75. The van der Waals surface area contributed by atoms with Crippen LogP contribution in [0.4, 0.5) is 17.2 Å². The van der Waals surface area contributed by atoms with Crippen LogP contribution in [0, 0.1) is 26.0 Å². The van der Waals surface area contributed by atoms with Crippen LogP contribution >= 0.6 is 0 Å². The molecule has 0 bridgehead atoms. The van der Waals surface area contributed by atoms with Crippen molar-refractivity contribution >= 4 is 23.1 Å². The van der Waals surface area contributed by atoms with E-state index in [0.29, 0.717) is 28.5 Å². The number of pyridine rings is 1. The summed E-state index contributed by atoms with van der Waals surface area (Å²) < 4.78 is 32.3. The Morgan fingerprint density at radius 1 is 0.887 bits per heavy atom. The number of para-hydroxylation sites is 1. The molecule has 0 amide bonds. The van der Waals surface area contributed by atoms with E-state index in [1.807, 2.05) is 64.2 Å². The molecule has 0 saturated carbocycles. The molecule has 2 atom stereocenters. The Balaban J connectivity index is 0.00000465. The number of aryl methyl sites for hydroxylation is 1. The topological polar surface area (TPSA) is 47.0 Å². The molecule has 0 spiro atoms. The standard InChI is InChI=1S/C47H49N3O2.Pt/c1-28(2)31-22-32(43-49-46(10)27-36-30(4)29(3)16-18-37(36)47(46,11)52-43)24-35(23-31)51-34-17-19-39-41(26-34)50(40-15-13-12-14-38(40)45(39,8)9)42-25-33(20-21-48-42)44(5,6)7;/h12-23,25,28H,27H2,1-11H3;/q-2;+2/t46-,47+;/m1./s1/i27D2;. The maximum Gasteiger partial charge on any atom is 2.00 e. The molecule has 5 nitrogen and oxygen atoms in total. The summed E-state index contributed by atoms with van der Waals surface area (Å²) in [5, 5.41) is 0. The number of ether oxygens (including phenoxy) is 2.